The van der Waals surface area contributed by atoms with Gasteiger partial charge in [-0.05, 0) is 183 Å². The van der Waals surface area contributed by atoms with E-state index in [0.717, 1.165) is 0 Å². The minimum atomic E-state index is 1.21. The van der Waals surface area contributed by atoms with Crippen LogP contribution in [0.5, 0.6) is 0 Å². The molecule has 13 aromatic rings. The van der Waals surface area contributed by atoms with Gasteiger partial charge in [-0.2, -0.15) is 0 Å². The molecule has 0 saturated heterocycles. The van der Waals surface area contributed by atoms with Crippen molar-refractivity contribution in [1.82, 2.24) is 4.57 Å². The van der Waals surface area contributed by atoms with E-state index in [1.54, 1.807) is 0 Å². The van der Waals surface area contributed by atoms with Gasteiger partial charge in [0.1, 0.15) is 0 Å². The van der Waals surface area contributed by atoms with Gasteiger partial charge in [0.2, 0.25) is 0 Å². The van der Waals surface area contributed by atoms with Crippen LogP contribution in [0, 0.1) is 13.8 Å². The maximum absolute atomic E-state index is 2.53. The number of rotatable bonds is 3. The highest BCUT2D eigenvalue weighted by molar-refractivity contribution is 6.28. The molecule has 1 heterocycles. The summed E-state index contributed by atoms with van der Waals surface area (Å²) in [5.74, 6) is 0. The molecule has 0 aliphatic heterocycles. The van der Waals surface area contributed by atoms with Crippen LogP contribution in [-0.4, -0.2) is 4.57 Å². The Hall–Kier alpha value is -6.96. The van der Waals surface area contributed by atoms with E-state index in [1.165, 1.54) is 136 Å². The van der Waals surface area contributed by atoms with E-state index in [1.807, 2.05) is 0 Å². The molecule has 0 N–H and O–H groups in total. The van der Waals surface area contributed by atoms with Crippen LogP contribution in [0.2, 0.25) is 0 Å². The van der Waals surface area contributed by atoms with Crippen LogP contribution in [0.1, 0.15) is 11.1 Å². The summed E-state index contributed by atoms with van der Waals surface area (Å²) in [7, 11) is 0. The number of hydrogen-bond donors (Lipinski definition) is 0. The van der Waals surface area contributed by atoms with Gasteiger partial charge in [-0.25, -0.2) is 0 Å². The van der Waals surface area contributed by atoms with E-state index in [-0.39, 0.29) is 0 Å². The van der Waals surface area contributed by atoms with Crippen molar-refractivity contribution >= 4 is 97.2 Å². The molecule has 0 atom stereocenters. The van der Waals surface area contributed by atoms with Crippen molar-refractivity contribution < 1.29 is 0 Å². The molecule has 12 aromatic carbocycles. The summed E-state index contributed by atoms with van der Waals surface area (Å²) in [5.41, 5.74) is 11.2. The van der Waals surface area contributed by atoms with E-state index in [9.17, 15) is 0 Å². The predicted octanol–water partition coefficient (Wildman–Crippen LogP) is 15.1. The second-order valence-corrected chi connectivity index (χ2v) is 15.9. The van der Waals surface area contributed by atoms with E-state index in [2.05, 4.69) is 182 Å². The first-order valence-electron chi connectivity index (χ1n) is 19.3. The molecule has 55 heavy (non-hydrogen) atoms. The molecule has 0 radical (unpaired) electrons. The molecule has 0 aliphatic rings. The van der Waals surface area contributed by atoms with Gasteiger partial charge in [0, 0.05) is 16.5 Å². The smallest absolute Gasteiger partial charge is 0.0553 e. The minimum absolute atomic E-state index is 1.21. The zero-order valence-corrected chi connectivity index (χ0v) is 30.5. The normalized spacial score (nSPS) is 12.5. The van der Waals surface area contributed by atoms with Gasteiger partial charge in [-0.3, -0.25) is 0 Å². The second kappa shape index (κ2) is 10.4. The fourth-order valence-electron chi connectivity index (χ4n) is 10.3. The summed E-state index contributed by atoms with van der Waals surface area (Å²) in [6, 6.07) is 62.5. The highest BCUT2D eigenvalue weighted by Crippen LogP contribution is 2.45. The number of aromatic nitrogens is 1. The fraction of sp³-hybridized carbons (Fsp3) is 0.0370. The Kier molecular flexibility index (Phi) is 5.56. The first-order chi connectivity index (χ1) is 27.0. The average Bonchev–Trinajstić information content (AvgIpc) is 3.55. The molecule has 0 bridgehead atoms. The van der Waals surface area contributed by atoms with Crippen LogP contribution in [0.25, 0.3) is 125 Å². The average molecular weight is 696 g/mol. The quantitative estimate of drug-likeness (QED) is 0.162. The Balaban J connectivity index is 1.09. The first-order valence-corrected chi connectivity index (χ1v) is 19.3. The molecule has 1 nitrogen and oxygen atoms in total. The number of nitrogens with zero attached hydrogens (tertiary/aromatic N) is 1. The minimum Gasteiger partial charge on any atom is -0.309 e. The Morgan fingerprint density at radius 3 is 0.927 bits per heavy atom. The van der Waals surface area contributed by atoms with Crippen molar-refractivity contribution in [2.24, 2.45) is 0 Å². The maximum Gasteiger partial charge on any atom is 0.0553 e. The van der Waals surface area contributed by atoms with Crippen LogP contribution in [0.3, 0.4) is 0 Å². The third-order valence-corrected chi connectivity index (χ3v) is 12.5. The van der Waals surface area contributed by atoms with Crippen molar-refractivity contribution in [2.75, 3.05) is 0 Å². The highest BCUT2D eigenvalue weighted by Gasteiger charge is 2.21. The topological polar surface area (TPSA) is 4.93 Å². The lowest BCUT2D eigenvalue weighted by Gasteiger charge is -2.14. The fourth-order valence-corrected chi connectivity index (χ4v) is 10.3. The highest BCUT2D eigenvalue weighted by atomic mass is 15.0. The molecular weight excluding hydrogens is 663 g/mol. The Morgan fingerprint density at radius 2 is 0.564 bits per heavy atom. The number of aryl methyl sites for hydroxylation is 2. The second-order valence-electron chi connectivity index (χ2n) is 15.9. The van der Waals surface area contributed by atoms with Crippen LogP contribution in [-0.2, 0) is 0 Å². The summed E-state index contributed by atoms with van der Waals surface area (Å²) >= 11 is 0. The molecular formula is C54H33N. The predicted molar refractivity (Wildman–Crippen MR) is 237 cm³/mol. The van der Waals surface area contributed by atoms with Crippen molar-refractivity contribution in [3.63, 3.8) is 0 Å². The van der Waals surface area contributed by atoms with Gasteiger partial charge < -0.3 is 4.57 Å². The van der Waals surface area contributed by atoms with Crippen LogP contribution in [0.15, 0.2) is 164 Å². The molecule has 0 amide bonds. The van der Waals surface area contributed by atoms with Gasteiger partial charge in [0.15, 0.2) is 0 Å². The third-order valence-electron chi connectivity index (χ3n) is 12.5. The monoisotopic (exact) mass is 695 g/mol. The van der Waals surface area contributed by atoms with Gasteiger partial charge in [0.25, 0.3) is 0 Å². The van der Waals surface area contributed by atoms with Crippen molar-refractivity contribution in [3.8, 4) is 27.9 Å². The summed E-state index contributed by atoms with van der Waals surface area (Å²) in [4.78, 5) is 0. The Morgan fingerprint density at radius 1 is 0.273 bits per heavy atom. The van der Waals surface area contributed by atoms with E-state index < -0.39 is 0 Å². The van der Waals surface area contributed by atoms with Crippen LogP contribution in [0.4, 0.5) is 0 Å². The molecule has 0 aliphatic carbocycles. The number of benzene rings is 12. The Labute approximate surface area is 317 Å². The van der Waals surface area contributed by atoms with E-state index in [4.69, 9.17) is 0 Å². The molecule has 0 unspecified atom stereocenters. The van der Waals surface area contributed by atoms with E-state index >= 15 is 0 Å². The van der Waals surface area contributed by atoms with Gasteiger partial charge >= 0.3 is 0 Å². The molecule has 1 heteroatoms. The van der Waals surface area contributed by atoms with Crippen molar-refractivity contribution in [3.05, 3.63) is 175 Å². The standard InChI is InChI=1S/C54H33N/c1-30-19-31(2)21-46(20-30)55-47-28-44(42-22-36-13-9-32-5-3-6-33-10-14-37(23-42)51(36)49(32)33)26-40-17-18-41-27-45(29-48(55)54(41)53(40)47)43-24-38-15-11-34-7-4-8-35-12-16-39(25-43)52(38)50(34)35/h3-29H,1-2H3. The Bertz CT molecular complexity index is 3360. The zero-order valence-electron chi connectivity index (χ0n) is 30.5. The lowest BCUT2D eigenvalue weighted by molar-refractivity contribution is 1.16. The number of hydrogen-bond acceptors (Lipinski definition) is 0. The molecule has 0 fully saturated rings. The van der Waals surface area contributed by atoms with Gasteiger partial charge in [0.05, 0.1) is 11.0 Å². The first kappa shape index (κ1) is 29.5. The van der Waals surface area contributed by atoms with E-state index in [0.29, 0.717) is 0 Å². The van der Waals surface area contributed by atoms with Crippen molar-refractivity contribution in [2.45, 2.75) is 13.8 Å². The van der Waals surface area contributed by atoms with Crippen LogP contribution >= 0.6 is 0 Å². The summed E-state index contributed by atoms with van der Waals surface area (Å²) in [5, 5.41) is 21.0. The zero-order chi connectivity index (χ0) is 36.1. The largest absolute Gasteiger partial charge is 0.309 e. The third kappa shape index (κ3) is 4.02. The molecule has 0 saturated carbocycles. The summed E-state index contributed by atoms with van der Waals surface area (Å²) in [6.45, 7) is 4.43. The SMILES string of the molecule is Cc1cc(C)cc(-n2c3cc(-c4cc5ccc6cccc7ccc(c4)c5c67)cc4ccc5cc(-c6cc7ccc8cccc9ccc(c6)c7c89)cc2c5c43)c1. The molecule has 0 spiro atoms. The summed E-state index contributed by atoms with van der Waals surface area (Å²) < 4.78 is 2.53. The maximum atomic E-state index is 2.53. The summed E-state index contributed by atoms with van der Waals surface area (Å²) in [6.07, 6.45) is 0. The lowest BCUT2D eigenvalue weighted by Crippen LogP contribution is -1.96. The molecule has 1 aromatic heterocycles. The molecule has 13 rings (SSSR count). The van der Waals surface area contributed by atoms with Gasteiger partial charge in [-0.1, -0.05) is 103 Å². The van der Waals surface area contributed by atoms with Gasteiger partial charge in [-0.15, -0.1) is 0 Å². The lowest BCUT2D eigenvalue weighted by atomic mass is 9.90. The van der Waals surface area contributed by atoms with Crippen LogP contribution < -0.4 is 0 Å². The van der Waals surface area contributed by atoms with Crippen molar-refractivity contribution in [1.29, 1.82) is 0 Å². The molecule has 254 valence electrons.